The first-order valence-corrected chi connectivity index (χ1v) is 11.3. The fourth-order valence-corrected chi connectivity index (χ4v) is 4.42. The minimum absolute atomic E-state index is 0.0964. The van der Waals surface area contributed by atoms with E-state index in [-0.39, 0.29) is 5.91 Å². The zero-order valence-electron chi connectivity index (χ0n) is 18.8. The molecule has 9 heteroatoms. The van der Waals surface area contributed by atoms with E-state index in [1.807, 2.05) is 37.2 Å². The van der Waals surface area contributed by atoms with Crippen molar-refractivity contribution in [2.75, 3.05) is 30.9 Å². The number of fused-ring (bicyclic) bond motifs is 2. The second-order valence-corrected chi connectivity index (χ2v) is 8.82. The average molecular weight is 446 g/mol. The second-order valence-electron chi connectivity index (χ2n) is 8.82. The number of hydrogen-bond donors (Lipinski definition) is 2. The van der Waals surface area contributed by atoms with Crippen molar-refractivity contribution >= 4 is 39.6 Å². The van der Waals surface area contributed by atoms with Crippen LogP contribution in [0.5, 0.6) is 0 Å². The topological polar surface area (TPSA) is 109 Å². The van der Waals surface area contributed by atoms with Gasteiger partial charge in [-0.15, -0.1) is 0 Å². The predicted octanol–water partition coefficient (Wildman–Crippen LogP) is 3.63. The molecule has 1 saturated carbocycles. The predicted molar refractivity (Wildman–Crippen MR) is 127 cm³/mol. The van der Waals surface area contributed by atoms with Crippen molar-refractivity contribution in [3.05, 3.63) is 48.0 Å². The molecule has 0 atom stereocenters. The SMILES string of the molecule is CN(C)c1nc(NC2CCC(CNC(=O)c3ccc4nonc4c3)CC2)nc2ccccc12. The molecule has 0 unspecified atom stereocenters. The number of benzene rings is 2. The molecule has 1 amide bonds. The van der Waals surface area contributed by atoms with Crippen LogP contribution in [0, 0.1) is 5.92 Å². The molecule has 1 aliphatic carbocycles. The zero-order chi connectivity index (χ0) is 22.8. The first kappa shape index (κ1) is 21.1. The molecule has 0 aliphatic heterocycles. The first-order valence-electron chi connectivity index (χ1n) is 11.3. The number of carbonyl (C=O) groups excluding carboxylic acids is 1. The molecule has 5 rings (SSSR count). The van der Waals surface area contributed by atoms with Crippen LogP contribution in [0.4, 0.5) is 11.8 Å². The summed E-state index contributed by atoms with van der Waals surface area (Å²) >= 11 is 0. The normalized spacial score (nSPS) is 18.4. The van der Waals surface area contributed by atoms with E-state index >= 15 is 0 Å². The van der Waals surface area contributed by atoms with Gasteiger partial charge >= 0.3 is 0 Å². The van der Waals surface area contributed by atoms with E-state index in [2.05, 4.69) is 27.0 Å². The highest BCUT2D eigenvalue weighted by atomic mass is 16.6. The van der Waals surface area contributed by atoms with Gasteiger partial charge in [0.05, 0.1) is 5.52 Å². The number of hydrogen-bond acceptors (Lipinski definition) is 8. The van der Waals surface area contributed by atoms with E-state index in [0.717, 1.165) is 42.4 Å². The Labute approximate surface area is 191 Å². The summed E-state index contributed by atoms with van der Waals surface area (Å²) in [6.07, 6.45) is 4.12. The van der Waals surface area contributed by atoms with E-state index in [1.54, 1.807) is 18.2 Å². The van der Waals surface area contributed by atoms with E-state index in [1.165, 1.54) is 0 Å². The Morgan fingerprint density at radius 2 is 1.79 bits per heavy atom. The Morgan fingerprint density at radius 3 is 2.61 bits per heavy atom. The quantitative estimate of drug-likeness (QED) is 0.463. The van der Waals surface area contributed by atoms with Gasteiger partial charge in [-0.1, -0.05) is 12.1 Å². The summed E-state index contributed by atoms with van der Waals surface area (Å²) < 4.78 is 4.70. The van der Waals surface area contributed by atoms with Crippen molar-refractivity contribution in [2.45, 2.75) is 31.7 Å². The third-order valence-electron chi connectivity index (χ3n) is 6.25. The Kier molecular flexibility index (Phi) is 5.77. The molecular weight excluding hydrogens is 418 g/mol. The molecule has 0 spiro atoms. The third kappa shape index (κ3) is 4.57. The number of nitrogens with one attached hydrogen (secondary N) is 2. The van der Waals surface area contributed by atoms with E-state index < -0.39 is 0 Å². The summed E-state index contributed by atoms with van der Waals surface area (Å²) in [4.78, 5) is 24.0. The molecule has 1 aliphatic rings. The summed E-state index contributed by atoms with van der Waals surface area (Å²) in [7, 11) is 4.00. The van der Waals surface area contributed by atoms with E-state index in [0.29, 0.717) is 41.0 Å². The van der Waals surface area contributed by atoms with Crippen LogP contribution in [0.2, 0.25) is 0 Å². The lowest BCUT2D eigenvalue weighted by Gasteiger charge is -2.29. The molecule has 4 aromatic rings. The monoisotopic (exact) mass is 445 g/mol. The van der Waals surface area contributed by atoms with Gasteiger partial charge in [-0.05, 0) is 72.2 Å². The largest absolute Gasteiger partial charge is 0.362 e. The van der Waals surface area contributed by atoms with E-state index in [4.69, 9.17) is 14.6 Å². The van der Waals surface area contributed by atoms with Crippen LogP contribution in [0.25, 0.3) is 21.9 Å². The van der Waals surface area contributed by atoms with Crippen molar-refractivity contribution < 1.29 is 9.42 Å². The number of para-hydroxylation sites is 1. The van der Waals surface area contributed by atoms with Crippen molar-refractivity contribution in [1.29, 1.82) is 0 Å². The van der Waals surface area contributed by atoms with Gasteiger partial charge in [-0.3, -0.25) is 4.79 Å². The number of carbonyl (C=O) groups is 1. The summed E-state index contributed by atoms with van der Waals surface area (Å²) in [5.41, 5.74) is 2.74. The number of anilines is 2. The fourth-order valence-electron chi connectivity index (χ4n) is 4.42. The number of aromatic nitrogens is 4. The highest BCUT2D eigenvalue weighted by molar-refractivity contribution is 5.97. The zero-order valence-corrected chi connectivity index (χ0v) is 18.8. The third-order valence-corrected chi connectivity index (χ3v) is 6.25. The lowest BCUT2D eigenvalue weighted by Crippen LogP contribution is -2.34. The average Bonchev–Trinajstić information content (AvgIpc) is 3.31. The Morgan fingerprint density at radius 1 is 1.00 bits per heavy atom. The molecule has 0 bridgehead atoms. The Balaban J connectivity index is 1.15. The van der Waals surface area contributed by atoms with Gasteiger partial charge in [0.1, 0.15) is 16.9 Å². The first-order chi connectivity index (χ1) is 16.1. The van der Waals surface area contributed by atoms with Crippen LogP contribution in [-0.2, 0) is 0 Å². The number of amides is 1. The van der Waals surface area contributed by atoms with Gasteiger partial charge in [0, 0.05) is 37.6 Å². The van der Waals surface area contributed by atoms with Gasteiger partial charge in [0.15, 0.2) is 0 Å². The summed E-state index contributed by atoms with van der Waals surface area (Å²) in [6.45, 7) is 0.665. The molecule has 0 radical (unpaired) electrons. The minimum Gasteiger partial charge on any atom is -0.362 e. The standard InChI is InChI=1S/C24H27N7O2/c1-31(2)22-18-5-3-4-6-19(18)27-24(28-22)26-17-10-7-15(8-11-17)14-25-23(32)16-9-12-20-21(13-16)30-33-29-20/h3-6,9,12-13,15,17H,7-8,10-11,14H2,1-2H3,(H,25,32)(H,26,27,28). The molecule has 2 aromatic heterocycles. The molecule has 9 nitrogen and oxygen atoms in total. The highest BCUT2D eigenvalue weighted by Gasteiger charge is 2.23. The molecule has 2 aromatic carbocycles. The van der Waals surface area contributed by atoms with Crippen molar-refractivity contribution in [2.24, 2.45) is 5.92 Å². The maximum absolute atomic E-state index is 12.5. The fraction of sp³-hybridized carbons (Fsp3) is 0.375. The molecule has 33 heavy (non-hydrogen) atoms. The van der Waals surface area contributed by atoms with Gasteiger partial charge < -0.3 is 15.5 Å². The van der Waals surface area contributed by atoms with Crippen LogP contribution >= 0.6 is 0 Å². The van der Waals surface area contributed by atoms with Crippen LogP contribution in [-0.4, -0.2) is 52.9 Å². The minimum atomic E-state index is -0.0964. The van der Waals surface area contributed by atoms with Crippen LogP contribution in [0.3, 0.4) is 0 Å². The van der Waals surface area contributed by atoms with Crippen molar-refractivity contribution in [3.63, 3.8) is 0 Å². The molecule has 2 heterocycles. The number of nitrogens with zero attached hydrogens (tertiary/aromatic N) is 5. The van der Waals surface area contributed by atoms with Crippen LogP contribution in [0.15, 0.2) is 47.1 Å². The van der Waals surface area contributed by atoms with E-state index in [9.17, 15) is 4.79 Å². The maximum Gasteiger partial charge on any atom is 0.251 e. The van der Waals surface area contributed by atoms with Gasteiger partial charge in [-0.25, -0.2) is 9.61 Å². The van der Waals surface area contributed by atoms with Crippen molar-refractivity contribution in [3.8, 4) is 0 Å². The van der Waals surface area contributed by atoms with Gasteiger partial charge in [0.2, 0.25) is 5.95 Å². The molecular formula is C24H27N7O2. The van der Waals surface area contributed by atoms with Gasteiger partial charge in [-0.2, -0.15) is 4.98 Å². The molecule has 0 saturated heterocycles. The lowest BCUT2D eigenvalue weighted by atomic mass is 9.86. The maximum atomic E-state index is 12.5. The summed E-state index contributed by atoms with van der Waals surface area (Å²) in [5, 5.41) is 15.2. The van der Waals surface area contributed by atoms with Gasteiger partial charge in [0.25, 0.3) is 5.91 Å². The smallest absolute Gasteiger partial charge is 0.251 e. The van der Waals surface area contributed by atoms with Crippen LogP contribution < -0.4 is 15.5 Å². The lowest BCUT2D eigenvalue weighted by molar-refractivity contribution is 0.0943. The number of rotatable bonds is 6. The second kappa shape index (κ2) is 9.01. The summed E-state index contributed by atoms with van der Waals surface area (Å²) in [5.74, 6) is 1.95. The Hall–Kier alpha value is -3.75. The van der Waals surface area contributed by atoms with Crippen LogP contribution in [0.1, 0.15) is 36.0 Å². The molecule has 2 N–H and O–H groups in total. The molecule has 1 fully saturated rings. The summed E-state index contributed by atoms with van der Waals surface area (Å²) in [6, 6.07) is 13.6. The highest BCUT2D eigenvalue weighted by Crippen LogP contribution is 2.28. The Bertz CT molecular complexity index is 1280. The van der Waals surface area contributed by atoms with Crippen molar-refractivity contribution in [1.82, 2.24) is 25.6 Å². The molecule has 170 valence electrons.